The molecule has 28 heavy (non-hydrogen) atoms. The zero-order valence-electron chi connectivity index (χ0n) is 14.9. The number of rotatable bonds is 4. The third-order valence-corrected chi connectivity index (χ3v) is 6.22. The highest BCUT2D eigenvalue weighted by Gasteiger charge is 2.37. The average Bonchev–Trinajstić information content (AvgIpc) is 3.01. The molecule has 150 valence electrons. The van der Waals surface area contributed by atoms with Crippen molar-refractivity contribution < 1.29 is 27.2 Å². The number of halogens is 1. The lowest BCUT2D eigenvalue weighted by Crippen LogP contribution is -2.48. The van der Waals surface area contributed by atoms with Gasteiger partial charge in [-0.25, -0.2) is 17.8 Å². The highest BCUT2D eigenvalue weighted by molar-refractivity contribution is 7.91. The lowest BCUT2D eigenvalue weighted by Gasteiger charge is -2.27. The van der Waals surface area contributed by atoms with Gasteiger partial charge in [0.05, 0.1) is 24.0 Å². The highest BCUT2D eigenvalue weighted by atomic mass is 32.2. The van der Waals surface area contributed by atoms with E-state index in [0.29, 0.717) is 5.56 Å². The van der Waals surface area contributed by atoms with Crippen LogP contribution in [0.2, 0.25) is 0 Å². The minimum absolute atomic E-state index is 0.0159. The number of carbonyl (C=O) groups excluding carboxylic acids is 3. The number of nitrogens with one attached hydrogen (secondary N) is 2. The molecule has 0 aromatic heterocycles. The first kappa shape index (κ1) is 19.9. The number of sulfone groups is 1. The van der Waals surface area contributed by atoms with Crippen molar-refractivity contribution in [2.75, 3.05) is 11.5 Å². The summed E-state index contributed by atoms with van der Waals surface area (Å²) in [4.78, 5) is 36.2. The van der Waals surface area contributed by atoms with Crippen molar-refractivity contribution in [3.63, 3.8) is 0 Å². The number of hydrazone groups is 1. The molecule has 1 fully saturated rings. The van der Waals surface area contributed by atoms with Gasteiger partial charge >= 0.3 is 0 Å². The number of benzene rings is 1. The predicted octanol–water partition coefficient (Wildman–Crippen LogP) is -0.319. The minimum atomic E-state index is -3.20. The fourth-order valence-corrected chi connectivity index (χ4v) is 4.71. The first-order chi connectivity index (χ1) is 13.2. The van der Waals surface area contributed by atoms with E-state index in [1.54, 1.807) is 0 Å². The van der Waals surface area contributed by atoms with Crippen LogP contribution in [0.1, 0.15) is 24.8 Å². The van der Waals surface area contributed by atoms with E-state index in [1.165, 1.54) is 24.3 Å². The van der Waals surface area contributed by atoms with Gasteiger partial charge in [0, 0.05) is 12.8 Å². The maximum Gasteiger partial charge on any atom is 0.285 e. The summed E-state index contributed by atoms with van der Waals surface area (Å²) in [6.45, 7) is 0. The molecule has 11 heteroatoms. The van der Waals surface area contributed by atoms with Crippen LogP contribution in [0.25, 0.3) is 0 Å². The molecule has 1 atom stereocenters. The zero-order valence-corrected chi connectivity index (χ0v) is 15.7. The molecule has 2 N–H and O–H groups in total. The van der Waals surface area contributed by atoms with Crippen molar-refractivity contribution in [2.45, 2.75) is 31.7 Å². The van der Waals surface area contributed by atoms with Gasteiger partial charge in [0.25, 0.3) is 5.91 Å². The summed E-state index contributed by atoms with van der Waals surface area (Å²) in [5, 5.41) is 5.09. The number of amides is 3. The quantitative estimate of drug-likeness (QED) is 0.659. The van der Waals surface area contributed by atoms with E-state index in [2.05, 4.69) is 16.0 Å². The Morgan fingerprint density at radius 3 is 2.54 bits per heavy atom. The zero-order chi connectivity index (χ0) is 20.3. The molecule has 9 nitrogen and oxygen atoms in total. The van der Waals surface area contributed by atoms with E-state index in [9.17, 15) is 27.2 Å². The number of nitrogens with zero attached hydrogens (tertiary/aromatic N) is 2. The van der Waals surface area contributed by atoms with E-state index < -0.39 is 33.5 Å². The molecule has 1 aromatic carbocycles. The second-order valence-corrected chi connectivity index (χ2v) is 8.88. The summed E-state index contributed by atoms with van der Waals surface area (Å²) in [5.74, 6) is -2.12. The lowest BCUT2D eigenvalue weighted by molar-refractivity contribution is -0.134. The number of carbonyl (C=O) groups is 3. The van der Waals surface area contributed by atoms with E-state index in [1.807, 2.05) is 0 Å². The first-order valence-corrected chi connectivity index (χ1v) is 10.5. The Morgan fingerprint density at radius 1 is 1.18 bits per heavy atom. The van der Waals surface area contributed by atoms with Gasteiger partial charge in [-0.2, -0.15) is 5.10 Å². The van der Waals surface area contributed by atoms with E-state index in [0.717, 1.165) is 5.01 Å². The Hall–Kier alpha value is -2.82. The van der Waals surface area contributed by atoms with Gasteiger partial charge in [-0.15, -0.1) is 0 Å². The van der Waals surface area contributed by atoms with E-state index in [4.69, 9.17) is 0 Å². The largest absolute Gasteiger partial charge is 0.285 e. The van der Waals surface area contributed by atoms with Crippen LogP contribution in [0.3, 0.4) is 0 Å². The Kier molecular flexibility index (Phi) is 5.73. The molecular weight excluding hydrogens is 391 g/mol. The molecular formula is C17H19FN4O5S. The molecule has 1 saturated heterocycles. The summed E-state index contributed by atoms with van der Waals surface area (Å²) < 4.78 is 36.1. The van der Waals surface area contributed by atoms with Crippen LogP contribution in [0.5, 0.6) is 0 Å². The first-order valence-electron chi connectivity index (χ1n) is 8.67. The monoisotopic (exact) mass is 410 g/mol. The fourth-order valence-electron chi connectivity index (χ4n) is 3.02. The van der Waals surface area contributed by atoms with Gasteiger partial charge < -0.3 is 0 Å². The van der Waals surface area contributed by atoms with Crippen molar-refractivity contribution in [1.29, 1.82) is 0 Å². The Labute approximate surface area is 160 Å². The van der Waals surface area contributed by atoms with Crippen molar-refractivity contribution in [3.8, 4) is 0 Å². The number of hydrazine groups is 1. The third kappa shape index (κ3) is 4.91. The summed E-state index contributed by atoms with van der Waals surface area (Å²) >= 11 is 0. The van der Waals surface area contributed by atoms with Gasteiger partial charge in [-0.1, -0.05) is 12.1 Å². The SMILES string of the molecule is O=C(Cc1ccc(F)cc1)NNC(=O)C1=NN(C2CCS(=O)(=O)C2)C(=O)CC1. The molecule has 0 bridgehead atoms. The lowest BCUT2D eigenvalue weighted by atomic mass is 10.1. The summed E-state index contributed by atoms with van der Waals surface area (Å²) in [6.07, 6.45) is 0.346. The third-order valence-electron chi connectivity index (χ3n) is 4.47. The molecule has 2 aliphatic heterocycles. The van der Waals surface area contributed by atoms with Crippen LogP contribution in [0.15, 0.2) is 29.4 Å². The van der Waals surface area contributed by atoms with Crippen molar-refractivity contribution in [1.82, 2.24) is 15.9 Å². The molecule has 0 radical (unpaired) electrons. The molecule has 1 aromatic rings. The molecule has 1 unspecified atom stereocenters. The minimum Gasteiger partial charge on any atom is -0.273 e. The van der Waals surface area contributed by atoms with Crippen molar-refractivity contribution in [3.05, 3.63) is 35.6 Å². The highest BCUT2D eigenvalue weighted by Crippen LogP contribution is 2.22. The second kappa shape index (κ2) is 8.05. The Balaban J connectivity index is 1.57. The Morgan fingerprint density at radius 2 is 1.89 bits per heavy atom. The molecule has 3 amide bonds. The topological polar surface area (TPSA) is 125 Å². The van der Waals surface area contributed by atoms with Crippen molar-refractivity contribution in [2.24, 2.45) is 5.10 Å². The normalized spacial score (nSPS) is 21.2. The van der Waals surface area contributed by atoms with Crippen LogP contribution in [-0.4, -0.2) is 54.4 Å². The van der Waals surface area contributed by atoms with Gasteiger partial charge in [0.1, 0.15) is 11.5 Å². The maximum absolute atomic E-state index is 12.9. The van der Waals surface area contributed by atoms with Crippen LogP contribution in [0.4, 0.5) is 4.39 Å². The van der Waals surface area contributed by atoms with Crippen LogP contribution < -0.4 is 10.9 Å². The maximum atomic E-state index is 12.9. The standard InChI is InChI=1S/C17H19FN4O5S/c18-12-3-1-11(2-4-12)9-15(23)19-20-17(25)14-5-6-16(24)22(21-14)13-7-8-28(26,27)10-13/h1-4,13H,5-10H2,(H,19,23)(H,20,25). The van der Waals surface area contributed by atoms with Gasteiger partial charge in [0.15, 0.2) is 9.84 Å². The average molecular weight is 410 g/mol. The smallest absolute Gasteiger partial charge is 0.273 e. The molecule has 0 aliphatic carbocycles. The summed E-state index contributed by atoms with van der Waals surface area (Å²) in [7, 11) is -3.20. The molecule has 2 aliphatic rings. The van der Waals surface area contributed by atoms with Gasteiger partial charge in [0.2, 0.25) is 11.8 Å². The van der Waals surface area contributed by atoms with Crippen LogP contribution >= 0.6 is 0 Å². The molecule has 2 heterocycles. The number of hydrogen-bond acceptors (Lipinski definition) is 6. The predicted molar refractivity (Wildman–Crippen MR) is 97.0 cm³/mol. The molecule has 0 saturated carbocycles. The summed E-state index contributed by atoms with van der Waals surface area (Å²) in [5.41, 5.74) is 5.07. The Bertz CT molecular complexity index is 929. The van der Waals surface area contributed by atoms with Gasteiger partial charge in [-0.3, -0.25) is 25.2 Å². The molecule has 3 rings (SSSR count). The number of hydrogen-bond donors (Lipinski definition) is 2. The fraction of sp³-hybridized carbons (Fsp3) is 0.412. The van der Waals surface area contributed by atoms with Crippen LogP contribution in [-0.2, 0) is 30.6 Å². The second-order valence-electron chi connectivity index (χ2n) is 6.65. The van der Waals surface area contributed by atoms with Crippen LogP contribution in [0, 0.1) is 5.82 Å². The van der Waals surface area contributed by atoms with Crippen molar-refractivity contribution >= 4 is 33.3 Å². The van der Waals surface area contributed by atoms with E-state index >= 15 is 0 Å². The summed E-state index contributed by atoms with van der Waals surface area (Å²) in [6, 6.07) is 4.80. The van der Waals surface area contributed by atoms with Gasteiger partial charge in [-0.05, 0) is 24.1 Å². The van der Waals surface area contributed by atoms with E-state index in [-0.39, 0.29) is 48.8 Å². The molecule has 0 spiro atoms.